The van der Waals surface area contributed by atoms with E-state index in [1.807, 2.05) is 0 Å². The molecule has 0 saturated heterocycles. The van der Waals surface area contributed by atoms with Gasteiger partial charge in [-0.05, 0) is 42.9 Å². The Kier molecular flexibility index (Phi) is 3.72. The Morgan fingerprint density at radius 2 is 2.06 bits per heavy atom. The third-order valence-corrected chi connectivity index (χ3v) is 3.36. The van der Waals surface area contributed by atoms with Crippen LogP contribution >= 0.6 is 0 Å². The molecule has 0 radical (unpaired) electrons. The average molecular weight is 232 g/mol. The maximum absolute atomic E-state index is 5.68. The Balaban J connectivity index is 2.23. The lowest BCUT2D eigenvalue weighted by Gasteiger charge is -2.28. The van der Waals surface area contributed by atoms with Gasteiger partial charge in [-0.1, -0.05) is 26.0 Å². The van der Waals surface area contributed by atoms with Crippen LogP contribution in [0.1, 0.15) is 37.8 Å². The lowest BCUT2D eigenvalue weighted by molar-refractivity contribution is 0.606. The van der Waals surface area contributed by atoms with Crippen molar-refractivity contribution in [2.24, 2.45) is 11.7 Å². The van der Waals surface area contributed by atoms with Crippen LogP contribution in [0, 0.1) is 12.8 Å². The van der Waals surface area contributed by atoms with Crippen LogP contribution < -0.4 is 10.6 Å². The lowest BCUT2D eigenvalue weighted by atomic mass is 10.1. The molecule has 1 aliphatic rings. The molecule has 17 heavy (non-hydrogen) atoms. The smallest absolute Gasteiger partial charge is 0.0398 e. The van der Waals surface area contributed by atoms with Crippen molar-refractivity contribution >= 4 is 5.69 Å². The first kappa shape index (κ1) is 12.4. The number of anilines is 1. The summed E-state index contributed by atoms with van der Waals surface area (Å²) in [5, 5.41) is 0. The number of hydrogen-bond acceptors (Lipinski definition) is 2. The molecule has 0 unspecified atom stereocenters. The van der Waals surface area contributed by atoms with Crippen molar-refractivity contribution in [1.82, 2.24) is 0 Å². The van der Waals surface area contributed by atoms with Crippen LogP contribution in [0.3, 0.4) is 0 Å². The van der Waals surface area contributed by atoms with Gasteiger partial charge in [0.25, 0.3) is 0 Å². The van der Waals surface area contributed by atoms with E-state index in [-0.39, 0.29) is 0 Å². The molecule has 0 spiro atoms. The fourth-order valence-corrected chi connectivity index (χ4v) is 2.39. The van der Waals surface area contributed by atoms with Crippen molar-refractivity contribution in [1.29, 1.82) is 0 Å². The van der Waals surface area contributed by atoms with Crippen LogP contribution in [0.25, 0.3) is 0 Å². The van der Waals surface area contributed by atoms with Crippen molar-refractivity contribution in [2.45, 2.75) is 46.2 Å². The highest BCUT2D eigenvalue weighted by Gasteiger charge is 2.30. The summed E-state index contributed by atoms with van der Waals surface area (Å²) in [5.41, 5.74) is 9.68. The molecule has 1 aromatic carbocycles. The van der Waals surface area contributed by atoms with E-state index in [2.05, 4.69) is 43.9 Å². The van der Waals surface area contributed by atoms with E-state index in [0.717, 1.165) is 12.6 Å². The lowest BCUT2D eigenvalue weighted by Crippen LogP contribution is -2.30. The molecular formula is C15H24N2. The van der Waals surface area contributed by atoms with Crippen LogP contribution in [-0.2, 0) is 6.54 Å². The van der Waals surface area contributed by atoms with Crippen molar-refractivity contribution in [3.05, 3.63) is 29.3 Å². The predicted octanol–water partition coefficient (Wildman–Crippen LogP) is 3.08. The zero-order valence-electron chi connectivity index (χ0n) is 11.2. The minimum atomic E-state index is 0.634. The molecule has 0 amide bonds. The maximum atomic E-state index is 5.68. The second-order valence-corrected chi connectivity index (χ2v) is 5.60. The first-order chi connectivity index (χ1) is 8.11. The Bertz CT molecular complexity index is 381. The SMILES string of the molecule is Cc1cc(CN)ccc1N(CC(C)C)C1CC1. The van der Waals surface area contributed by atoms with Crippen molar-refractivity contribution < 1.29 is 0 Å². The highest BCUT2D eigenvalue weighted by molar-refractivity contribution is 5.56. The number of rotatable bonds is 5. The van der Waals surface area contributed by atoms with Gasteiger partial charge < -0.3 is 10.6 Å². The van der Waals surface area contributed by atoms with E-state index in [1.54, 1.807) is 0 Å². The molecule has 0 heterocycles. The van der Waals surface area contributed by atoms with Gasteiger partial charge in [0.05, 0.1) is 0 Å². The maximum Gasteiger partial charge on any atom is 0.0398 e. The number of hydrogen-bond donors (Lipinski definition) is 1. The highest BCUT2D eigenvalue weighted by Crippen LogP contribution is 2.34. The second-order valence-electron chi connectivity index (χ2n) is 5.60. The van der Waals surface area contributed by atoms with E-state index < -0.39 is 0 Å². The van der Waals surface area contributed by atoms with Crippen LogP contribution in [0.15, 0.2) is 18.2 Å². The third kappa shape index (κ3) is 3.01. The molecule has 1 fully saturated rings. The van der Waals surface area contributed by atoms with Crippen LogP contribution in [-0.4, -0.2) is 12.6 Å². The first-order valence-electron chi connectivity index (χ1n) is 6.68. The van der Waals surface area contributed by atoms with Gasteiger partial charge in [0.15, 0.2) is 0 Å². The number of benzene rings is 1. The van der Waals surface area contributed by atoms with Gasteiger partial charge in [-0.25, -0.2) is 0 Å². The molecule has 1 saturated carbocycles. The Morgan fingerprint density at radius 1 is 1.35 bits per heavy atom. The van der Waals surface area contributed by atoms with Crippen LogP contribution in [0.5, 0.6) is 0 Å². The summed E-state index contributed by atoms with van der Waals surface area (Å²) in [7, 11) is 0. The van der Waals surface area contributed by atoms with Crippen LogP contribution in [0.2, 0.25) is 0 Å². The summed E-state index contributed by atoms with van der Waals surface area (Å²) in [6.07, 6.45) is 2.70. The van der Waals surface area contributed by atoms with Gasteiger partial charge in [0.2, 0.25) is 0 Å². The first-order valence-corrected chi connectivity index (χ1v) is 6.68. The largest absolute Gasteiger partial charge is 0.368 e. The fourth-order valence-electron chi connectivity index (χ4n) is 2.39. The summed E-state index contributed by atoms with van der Waals surface area (Å²) >= 11 is 0. The molecule has 1 aromatic rings. The quantitative estimate of drug-likeness (QED) is 0.845. The molecule has 94 valence electrons. The molecule has 0 bridgehead atoms. The molecule has 2 nitrogen and oxygen atoms in total. The van der Waals surface area contributed by atoms with Crippen molar-refractivity contribution in [3.8, 4) is 0 Å². The summed E-state index contributed by atoms with van der Waals surface area (Å²) in [6.45, 7) is 8.57. The van der Waals surface area contributed by atoms with Gasteiger partial charge in [0, 0.05) is 24.8 Å². The Labute approximate surface area is 105 Å². The zero-order chi connectivity index (χ0) is 12.4. The summed E-state index contributed by atoms with van der Waals surface area (Å²) in [6, 6.07) is 7.42. The topological polar surface area (TPSA) is 29.3 Å². The molecule has 1 aliphatic carbocycles. The minimum absolute atomic E-state index is 0.634. The number of nitrogens with two attached hydrogens (primary N) is 1. The molecule has 0 aliphatic heterocycles. The van der Waals surface area contributed by atoms with E-state index in [9.17, 15) is 0 Å². The van der Waals surface area contributed by atoms with Crippen LogP contribution in [0.4, 0.5) is 5.69 Å². The molecule has 2 rings (SSSR count). The van der Waals surface area contributed by atoms with Gasteiger partial charge >= 0.3 is 0 Å². The predicted molar refractivity (Wildman–Crippen MR) is 74.3 cm³/mol. The Hall–Kier alpha value is -1.02. The molecule has 0 aromatic heterocycles. The average Bonchev–Trinajstić information content (AvgIpc) is 3.09. The standard InChI is InChI=1S/C15H24N2/c1-11(2)10-17(14-5-6-14)15-7-4-13(9-16)8-12(15)3/h4,7-8,11,14H,5-6,9-10,16H2,1-3H3. The molecular weight excluding hydrogens is 208 g/mol. The van der Waals surface area contributed by atoms with Gasteiger partial charge in [-0.15, -0.1) is 0 Å². The molecule has 0 atom stereocenters. The zero-order valence-corrected chi connectivity index (χ0v) is 11.2. The number of nitrogens with zero attached hydrogens (tertiary/aromatic N) is 1. The van der Waals surface area contributed by atoms with Crippen molar-refractivity contribution in [2.75, 3.05) is 11.4 Å². The molecule has 2 N–H and O–H groups in total. The normalized spacial score (nSPS) is 15.4. The van der Waals surface area contributed by atoms with E-state index >= 15 is 0 Å². The third-order valence-electron chi connectivity index (χ3n) is 3.36. The number of aryl methyl sites for hydroxylation is 1. The fraction of sp³-hybridized carbons (Fsp3) is 0.600. The van der Waals surface area contributed by atoms with Gasteiger partial charge in [-0.3, -0.25) is 0 Å². The minimum Gasteiger partial charge on any atom is -0.368 e. The van der Waals surface area contributed by atoms with Gasteiger partial charge in [0.1, 0.15) is 0 Å². The summed E-state index contributed by atoms with van der Waals surface area (Å²) in [5.74, 6) is 0.712. The summed E-state index contributed by atoms with van der Waals surface area (Å²) in [4.78, 5) is 2.58. The monoisotopic (exact) mass is 232 g/mol. The molecule has 2 heteroatoms. The second kappa shape index (κ2) is 5.09. The van der Waals surface area contributed by atoms with E-state index in [1.165, 1.54) is 29.7 Å². The van der Waals surface area contributed by atoms with Gasteiger partial charge in [-0.2, -0.15) is 0 Å². The highest BCUT2D eigenvalue weighted by atomic mass is 15.2. The van der Waals surface area contributed by atoms with Crippen molar-refractivity contribution in [3.63, 3.8) is 0 Å². The Morgan fingerprint density at radius 3 is 2.53 bits per heavy atom. The summed E-state index contributed by atoms with van der Waals surface area (Å²) < 4.78 is 0. The van der Waals surface area contributed by atoms with E-state index in [4.69, 9.17) is 5.73 Å². The van der Waals surface area contributed by atoms with E-state index in [0.29, 0.717) is 12.5 Å².